The first-order valence-electron chi connectivity index (χ1n) is 8.47. The smallest absolute Gasteiger partial charge is 0.254 e. The van der Waals surface area contributed by atoms with E-state index in [1.807, 2.05) is 55.7 Å². The zero-order valence-corrected chi connectivity index (χ0v) is 14.5. The molecule has 0 saturated carbocycles. The Labute approximate surface area is 149 Å². The summed E-state index contributed by atoms with van der Waals surface area (Å²) < 4.78 is 0. The highest BCUT2D eigenvalue weighted by molar-refractivity contribution is 6.16. The molecule has 6 nitrogen and oxygen atoms in total. The van der Waals surface area contributed by atoms with Crippen LogP contribution in [-0.2, 0) is 6.54 Å². The van der Waals surface area contributed by atoms with E-state index in [1.54, 1.807) is 0 Å². The highest BCUT2D eigenvalue weighted by Gasteiger charge is 2.24. The number of carbonyl (C=O) groups excluding carboxylic acids is 1. The van der Waals surface area contributed by atoms with E-state index in [-0.39, 0.29) is 5.91 Å². The van der Waals surface area contributed by atoms with Crippen LogP contribution in [0.4, 0.5) is 5.82 Å². The Morgan fingerprint density at radius 2 is 1.92 bits per heavy atom. The Balaban J connectivity index is 1.70. The van der Waals surface area contributed by atoms with Crippen LogP contribution in [0.3, 0.4) is 0 Å². The molecule has 0 bridgehead atoms. The number of carbonyl (C=O) groups is 1. The minimum atomic E-state index is -0.0108. The van der Waals surface area contributed by atoms with Gasteiger partial charge in [0.2, 0.25) is 0 Å². The fourth-order valence-electron chi connectivity index (χ4n) is 3.54. The maximum Gasteiger partial charge on any atom is 0.254 e. The van der Waals surface area contributed by atoms with E-state index in [4.69, 9.17) is 0 Å². The van der Waals surface area contributed by atoms with Crippen LogP contribution in [0, 0.1) is 0 Å². The third-order valence-corrected chi connectivity index (χ3v) is 4.90. The molecule has 4 heterocycles. The van der Waals surface area contributed by atoms with Gasteiger partial charge in [0, 0.05) is 53.9 Å². The third kappa shape index (κ3) is 2.08. The Hall–Kier alpha value is -3.41. The second kappa shape index (κ2) is 5.29. The molecule has 6 heteroatoms. The second-order valence-electron chi connectivity index (χ2n) is 6.74. The average Bonchev–Trinajstić information content (AvgIpc) is 3.21. The molecular weight excluding hydrogens is 326 g/mol. The molecule has 0 saturated heterocycles. The van der Waals surface area contributed by atoms with E-state index >= 15 is 0 Å². The largest absolute Gasteiger partial charge is 0.363 e. The van der Waals surface area contributed by atoms with Crippen molar-refractivity contribution in [3.05, 3.63) is 54.0 Å². The summed E-state index contributed by atoms with van der Waals surface area (Å²) in [5, 5.41) is 5.92. The first-order valence-corrected chi connectivity index (χ1v) is 8.47. The van der Waals surface area contributed by atoms with Crippen molar-refractivity contribution in [1.82, 2.24) is 20.3 Å². The molecule has 2 N–H and O–H groups in total. The Morgan fingerprint density at radius 1 is 1.04 bits per heavy atom. The minimum absolute atomic E-state index is 0.0108. The van der Waals surface area contributed by atoms with Crippen molar-refractivity contribution >= 4 is 33.4 Å². The van der Waals surface area contributed by atoms with E-state index < -0.39 is 0 Å². The number of nitrogens with zero attached hydrogens (tertiary/aromatic N) is 3. The lowest BCUT2D eigenvalue weighted by Gasteiger charge is -2.11. The molecule has 0 fully saturated rings. The topological polar surface area (TPSA) is 73.9 Å². The predicted octanol–water partition coefficient (Wildman–Crippen LogP) is 3.09. The van der Waals surface area contributed by atoms with Gasteiger partial charge in [0.05, 0.1) is 23.3 Å². The highest BCUT2D eigenvalue weighted by atomic mass is 16.1. The Bertz CT molecular complexity index is 1170. The molecule has 0 aliphatic carbocycles. The van der Waals surface area contributed by atoms with E-state index in [1.165, 1.54) is 0 Å². The Morgan fingerprint density at radius 3 is 2.69 bits per heavy atom. The molecule has 0 radical (unpaired) electrons. The molecule has 0 spiro atoms. The molecule has 3 aromatic heterocycles. The standard InChI is InChI=1S/C20H17N5O/c1-25(2)17-6-4-12(9-22-17)15-7-14-11(8-21-15)3-5-13-18-16(24-19(13)14)10-23-20(18)26/h3-9,24H,10H2,1-2H3,(H,23,26). The zero-order chi connectivity index (χ0) is 17.8. The molecule has 1 amide bonds. The van der Waals surface area contributed by atoms with E-state index in [9.17, 15) is 4.79 Å². The van der Waals surface area contributed by atoms with E-state index in [0.29, 0.717) is 6.54 Å². The number of anilines is 1. The highest BCUT2D eigenvalue weighted by Crippen LogP contribution is 2.33. The van der Waals surface area contributed by atoms with Crippen molar-refractivity contribution in [2.75, 3.05) is 19.0 Å². The van der Waals surface area contributed by atoms with Gasteiger partial charge in [-0.2, -0.15) is 0 Å². The SMILES string of the molecule is CN(C)c1ccc(-c2cc3c(ccc4c5c([nH]c43)CNC5=O)cn2)cn1. The molecular formula is C20H17N5O. The summed E-state index contributed by atoms with van der Waals surface area (Å²) in [6.45, 7) is 0.554. The normalized spacial score (nSPS) is 13.2. The summed E-state index contributed by atoms with van der Waals surface area (Å²) in [7, 11) is 3.93. The summed E-state index contributed by atoms with van der Waals surface area (Å²) >= 11 is 0. The zero-order valence-electron chi connectivity index (χ0n) is 14.5. The second-order valence-corrected chi connectivity index (χ2v) is 6.74. The molecule has 5 rings (SSSR count). The number of aromatic amines is 1. The van der Waals surface area contributed by atoms with Crippen LogP contribution >= 0.6 is 0 Å². The van der Waals surface area contributed by atoms with Gasteiger partial charge in [0.15, 0.2) is 0 Å². The van der Waals surface area contributed by atoms with Crippen molar-refractivity contribution in [2.24, 2.45) is 0 Å². The third-order valence-electron chi connectivity index (χ3n) is 4.90. The summed E-state index contributed by atoms with van der Waals surface area (Å²) in [4.78, 5) is 26.5. The minimum Gasteiger partial charge on any atom is -0.363 e. The predicted molar refractivity (Wildman–Crippen MR) is 102 cm³/mol. The van der Waals surface area contributed by atoms with Crippen LogP contribution in [0.5, 0.6) is 0 Å². The molecule has 1 aliphatic heterocycles. The number of rotatable bonds is 2. The summed E-state index contributed by atoms with van der Waals surface area (Å²) in [5.74, 6) is 0.895. The molecule has 1 aromatic carbocycles. The fraction of sp³-hybridized carbons (Fsp3) is 0.150. The van der Waals surface area contributed by atoms with Gasteiger partial charge in [0.25, 0.3) is 5.91 Å². The molecule has 1 aliphatic rings. The van der Waals surface area contributed by atoms with Crippen LogP contribution in [0.2, 0.25) is 0 Å². The number of fused-ring (bicyclic) bond motifs is 5. The van der Waals surface area contributed by atoms with Crippen LogP contribution < -0.4 is 10.2 Å². The molecule has 0 unspecified atom stereocenters. The van der Waals surface area contributed by atoms with Gasteiger partial charge < -0.3 is 15.2 Å². The van der Waals surface area contributed by atoms with E-state index in [2.05, 4.69) is 26.3 Å². The van der Waals surface area contributed by atoms with Crippen LogP contribution in [0.25, 0.3) is 32.9 Å². The lowest BCUT2D eigenvalue weighted by atomic mass is 10.0. The van der Waals surface area contributed by atoms with Gasteiger partial charge >= 0.3 is 0 Å². The number of hydrogen-bond donors (Lipinski definition) is 2. The number of nitrogens with one attached hydrogen (secondary N) is 2. The first-order chi connectivity index (χ1) is 12.6. The van der Waals surface area contributed by atoms with Gasteiger partial charge in [-0.15, -0.1) is 0 Å². The summed E-state index contributed by atoms with van der Waals surface area (Å²) in [6, 6.07) is 10.1. The van der Waals surface area contributed by atoms with Crippen LogP contribution in [-0.4, -0.2) is 35.0 Å². The van der Waals surface area contributed by atoms with Crippen molar-refractivity contribution in [3.8, 4) is 11.3 Å². The van der Waals surface area contributed by atoms with Crippen molar-refractivity contribution in [2.45, 2.75) is 6.54 Å². The molecule has 4 aromatic rings. The van der Waals surface area contributed by atoms with Gasteiger partial charge in [-0.05, 0) is 18.2 Å². The van der Waals surface area contributed by atoms with Gasteiger partial charge in [-0.3, -0.25) is 9.78 Å². The van der Waals surface area contributed by atoms with E-state index in [0.717, 1.165) is 50.0 Å². The quantitative estimate of drug-likeness (QED) is 0.587. The van der Waals surface area contributed by atoms with Gasteiger partial charge in [-0.25, -0.2) is 4.98 Å². The Kier molecular flexibility index (Phi) is 3.03. The van der Waals surface area contributed by atoms with Gasteiger partial charge in [-0.1, -0.05) is 12.1 Å². The monoisotopic (exact) mass is 343 g/mol. The molecule has 26 heavy (non-hydrogen) atoms. The maximum absolute atomic E-state index is 12.1. The van der Waals surface area contributed by atoms with Crippen LogP contribution in [0.15, 0.2) is 42.7 Å². The molecule has 0 atom stereocenters. The summed E-state index contributed by atoms with van der Waals surface area (Å²) in [6.07, 6.45) is 3.71. The van der Waals surface area contributed by atoms with Crippen LogP contribution in [0.1, 0.15) is 16.1 Å². The molecule has 128 valence electrons. The lowest BCUT2D eigenvalue weighted by Crippen LogP contribution is -2.13. The fourth-order valence-corrected chi connectivity index (χ4v) is 3.54. The van der Waals surface area contributed by atoms with Crippen molar-refractivity contribution in [1.29, 1.82) is 0 Å². The number of aromatic nitrogens is 3. The summed E-state index contributed by atoms with van der Waals surface area (Å²) in [5.41, 5.74) is 4.53. The lowest BCUT2D eigenvalue weighted by molar-refractivity contribution is 0.0967. The average molecular weight is 343 g/mol. The van der Waals surface area contributed by atoms with Gasteiger partial charge in [0.1, 0.15) is 5.82 Å². The first kappa shape index (κ1) is 14.9. The number of amides is 1. The van der Waals surface area contributed by atoms with Crippen molar-refractivity contribution in [3.63, 3.8) is 0 Å². The number of benzene rings is 1. The number of hydrogen-bond acceptors (Lipinski definition) is 4. The van der Waals surface area contributed by atoms with Crippen molar-refractivity contribution < 1.29 is 4.79 Å². The number of pyridine rings is 2. The maximum atomic E-state index is 12.1. The number of H-pyrrole nitrogens is 1.